The van der Waals surface area contributed by atoms with Gasteiger partial charge in [0, 0.05) is 6.07 Å². The molecule has 0 radical (unpaired) electrons. The molecule has 1 aromatic carbocycles. The van der Waals surface area contributed by atoms with Crippen molar-refractivity contribution in [2.24, 2.45) is 5.84 Å². The SMILES string of the molecule is NNC(=O)c1cc2c(cc1Cl)OCCO2. The number of nitrogens with one attached hydrogen (secondary N) is 1. The summed E-state index contributed by atoms with van der Waals surface area (Å²) in [6.45, 7) is 0.935. The molecule has 2 rings (SSSR count). The highest BCUT2D eigenvalue weighted by Crippen LogP contribution is 2.35. The van der Waals surface area contributed by atoms with Crippen LogP contribution in [0, 0.1) is 0 Å². The quantitative estimate of drug-likeness (QED) is 0.422. The number of carbonyl (C=O) groups is 1. The molecule has 0 spiro atoms. The Kier molecular flexibility index (Phi) is 2.66. The molecular weight excluding hydrogens is 220 g/mol. The standard InChI is InChI=1S/C9H9ClN2O3/c10-6-4-8-7(14-1-2-15-8)3-5(6)9(13)12-11/h3-4H,1-2,11H2,(H,12,13). The molecule has 0 fully saturated rings. The topological polar surface area (TPSA) is 73.6 Å². The molecule has 1 aliphatic rings. The largest absolute Gasteiger partial charge is 0.486 e. The van der Waals surface area contributed by atoms with E-state index in [0.717, 1.165) is 0 Å². The molecule has 1 aliphatic heterocycles. The molecule has 1 heterocycles. The van der Waals surface area contributed by atoms with Crippen molar-refractivity contribution >= 4 is 17.5 Å². The van der Waals surface area contributed by atoms with Gasteiger partial charge in [0.2, 0.25) is 0 Å². The van der Waals surface area contributed by atoms with E-state index in [2.05, 4.69) is 0 Å². The number of ether oxygens (including phenoxy) is 2. The summed E-state index contributed by atoms with van der Waals surface area (Å²) in [5.74, 6) is 5.60. The van der Waals surface area contributed by atoms with Gasteiger partial charge in [-0.15, -0.1) is 0 Å². The number of hydrazine groups is 1. The number of carbonyl (C=O) groups excluding carboxylic acids is 1. The highest BCUT2D eigenvalue weighted by molar-refractivity contribution is 6.34. The van der Waals surface area contributed by atoms with Crippen LogP contribution in [0.4, 0.5) is 0 Å². The van der Waals surface area contributed by atoms with Gasteiger partial charge in [-0.1, -0.05) is 11.6 Å². The number of amides is 1. The molecule has 0 aromatic heterocycles. The van der Waals surface area contributed by atoms with Crippen LogP contribution < -0.4 is 20.7 Å². The molecule has 0 saturated carbocycles. The van der Waals surface area contributed by atoms with Crippen LogP contribution in [-0.2, 0) is 0 Å². The van der Waals surface area contributed by atoms with E-state index in [-0.39, 0.29) is 10.6 Å². The van der Waals surface area contributed by atoms with Crippen molar-refractivity contribution in [3.8, 4) is 11.5 Å². The number of hydrogen-bond donors (Lipinski definition) is 2. The third-order valence-corrected chi connectivity index (χ3v) is 2.32. The zero-order valence-electron chi connectivity index (χ0n) is 7.75. The van der Waals surface area contributed by atoms with Crippen LogP contribution in [0.2, 0.25) is 5.02 Å². The van der Waals surface area contributed by atoms with E-state index in [0.29, 0.717) is 24.7 Å². The fourth-order valence-corrected chi connectivity index (χ4v) is 1.56. The first-order valence-electron chi connectivity index (χ1n) is 4.32. The van der Waals surface area contributed by atoms with Crippen LogP contribution in [0.1, 0.15) is 10.4 Å². The maximum Gasteiger partial charge on any atom is 0.266 e. The Morgan fingerprint density at radius 2 is 1.93 bits per heavy atom. The lowest BCUT2D eigenvalue weighted by Gasteiger charge is -2.19. The minimum absolute atomic E-state index is 0.267. The van der Waals surface area contributed by atoms with Crippen LogP contribution in [-0.4, -0.2) is 19.1 Å². The lowest BCUT2D eigenvalue weighted by molar-refractivity contribution is 0.0952. The Balaban J connectivity index is 2.44. The maximum atomic E-state index is 11.3. The number of nitrogen functional groups attached to an aromatic ring is 1. The average Bonchev–Trinajstić information content (AvgIpc) is 2.27. The monoisotopic (exact) mass is 228 g/mol. The summed E-state index contributed by atoms with van der Waals surface area (Å²) < 4.78 is 10.6. The summed E-state index contributed by atoms with van der Waals surface area (Å²) in [7, 11) is 0. The van der Waals surface area contributed by atoms with E-state index in [9.17, 15) is 4.79 Å². The third-order valence-electron chi connectivity index (χ3n) is 2.01. The molecule has 0 saturated heterocycles. The lowest BCUT2D eigenvalue weighted by Crippen LogP contribution is -2.30. The Hall–Kier alpha value is -1.46. The van der Waals surface area contributed by atoms with Gasteiger partial charge in [-0.3, -0.25) is 10.2 Å². The van der Waals surface area contributed by atoms with Crippen LogP contribution in [0.15, 0.2) is 12.1 Å². The van der Waals surface area contributed by atoms with E-state index in [4.69, 9.17) is 26.9 Å². The van der Waals surface area contributed by atoms with Crippen LogP contribution >= 0.6 is 11.6 Å². The van der Waals surface area contributed by atoms with E-state index in [1.165, 1.54) is 6.07 Å². The zero-order valence-corrected chi connectivity index (χ0v) is 8.50. The van der Waals surface area contributed by atoms with Gasteiger partial charge in [-0.2, -0.15) is 0 Å². The molecule has 0 unspecified atom stereocenters. The predicted octanol–water partition coefficient (Wildman–Crippen LogP) is 0.715. The second kappa shape index (κ2) is 3.96. The molecule has 0 bridgehead atoms. The number of halogens is 1. The summed E-state index contributed by atoms with van der Waals surface area (Å²) >= 11 is 5.88. The van der Waals surface area contributed by atoms with E-state index in [1.807, 2.05) is 5.43 Å². The number of nitrogens with two attached hydrogens (primary N) is 1. The Labute approximate surface area is 91.1 Å². The molecule has 5 nitrogen and oxygen atoms in total. The highest BCUT2D eigenvalue weighted by atomic mass is 35.5. The number of fused-ring (bicyclic) bond motifs is 1. The van der Waals surface area contributed by atoms with E-state index in [1.54, 1.807) is 6.07 Å². The Morgan fingerprint density at radius 1 is 1.33 bits per heavy atom. The van der Waals surface area contributed by atoms with E-state index >= 15 is 0 Å². The van der Waals surface area contributed by atoms with Crippen molar-refractivity contribution in [2.45, 2.75) is 0 Å². The zero-order chi connectivity index (χ0) is 10.8. The van der Waals surface area contributed by atoms with Gasteiger partial charge in [-0.25, -0.2) is 5.84 Å². The normalized spacial score (nSPS) is 13.5. The number of benzene rings is 1. The highest BCUT2D eigenvalue weighted by Gasteiger charge is 2.18. The number of rotatable bonds is 1. The molecule has 0 aliphatic carbocycles. The summed E-state index contributed by atoms with van der Waals surface area (Å²) in [5, 5.41) is 0.280. The second-order valence-electron chi connectivity index (χ2n) is 2.95. The van der Waals surface area contributed by atoms with Gasteiger partial charge < -0.3 is 9.47 Å². The summed E-state index contributed by atoms with van der Waals surface area (Å²) in [6, 6.07) is 3.06. The molecular formula is C9H9ClN2O3. The van der Waals surface area contributed by atoms with Gasteiger partial charge in [0.1, 0.15) is 13.2 Å². The minimum atomic E-state index is -0.461. The summed E-state index contributed by atoms with van der Waals surface area (Å²) in [5.41, 5.74) is 2.28. The number of hydrogen-bond acceptors (Lipinski definition) is 4. The van der Waals surface area contributed by atoms with Crippen molar-refractivity contribution in [1.29, 1.82) is 0 Å². The van der Waals surface area contributed by atoms with Crippen molar-refractivity contribution in [3.05, 3.63) is 22.7 Å². The van der Waals surface area contributed by atoms with Crippen LogP contribution in [0.3, 0.4) is 0 Å². The maximum absolute atomic E-state index is 11.3. The predicted molar refractivity (Wildman–Crippen MR) is 54.1 cm³/mol. The fourth-order valence-electron chi connectivity index (χ4n) is 1.32. The van der Waals surface area contributed by atoms with Crippen molar-refractivity contribution < 1.29 is 14.3 Å². The molecule has 1 aromatic rings. The minimum Gasteiger partial charge on any atom is -0.486 e. The van der Waals surface area contributed by atoms with E-state index < -0.39 is 5.91 Å². The molecule has 1 amide bonds. The Morgan fingerprint density at radius 3 is 2.53 bits per heavy atom. The second-order valence-corrected chi connectivity index (χ2v) is 3.36. The molecule has 3 N–H and O–H groups in total. The van der Waals surface area contributed by atoms with Crippen LogP contribution in [0.5, 0.6) is 11.5 Å². The third kappa shape index (κ3) is 1.84. The summed E-state index contributed by atoms with van der Waals surface area (Å²) in [6.07, 6.45) is 0. The van der Waals surface area contributed by atoms with Crippen molar-refractivity contribution in [3.63, 3.8) is 0 Å². The van der Waals surface area contributed by atoms with Gasteiger partial charge in [0.15, 0.2) is 11.5 Å². The van der Waals surface area contributed by atoms with Gasteiger partial charge >= 0.3 is 0 Å². The first-order chi connectivity index (χ1) is 7.22. The van der Waals surface area contributed by atoms with Gasteiger partial charge in [-0.05, 0) is 6.07 Å². The molecule has 6 heteroatoms. The van der Waals surface area contributed by atoms with Gasteiger partial charge in [0.05, 0.1) is 10.6 Å². The van der Waals surface area contributed by atoms with Crippen molar-refractivity contribution in [1.82, 2.24) is 5.43 Å². The lowest BCUT2D eigenvalue weighted by atomic mass is 10.2. The summed E-state index contributed by atoms with van der Waals surface area (Å²) in [4.78, 5) is 11.3. The van der Waals surface area contributed by atoms with Gasteiger partial charge in [0.25, 0.3) is 5.91 Å². The first-order valence-corrected chi connectivity index (χ1v) is 4.70. The van der Waals surface area contributed by atoms with Crippen LogP contribution in [0.25, 0.3) is 0 Å². The fraction of sp³-hybridized carbons (Fsp3) is 0.222. The first kappa shape index (κ1) is 10.1. The Bertz CT molecular complexity index is 409. The smallest absolute Gasteiger partial charge is 0.266 e. The molecule has 0 atom stereocenters. The molecule has 15 heavy (non-hydrogen) atoms. The average molecular weight is 229 g/mol. The van der Waals surface area contributed by atoms with Crippen molar-refractivity contribution in [2.75, 3.05) is 13.2 Å². The molecule has 80 valence electrons.